The fourth-order valence-corrected chi connectivity index (χ4v) is 2.60. The molecule has 0 aromatic heterocycles. The Labute approximate surface area is 123 Å². The highest BCUT2D eigenvalue weighted by Gasteiger charge is 2.43. The van der Waals surface area contributed by atoms with Gasteiger partial charge in [0.15, 0.2) is 11.6 Å². The predicted molar refractivity (Wildman–Crippen MR) is 83.2 cm³/mol. The number of nitrogens with one attached hydrogen (secondary N) is 1. The van der Waals surface area contributed by atoms with Gasteiger partial charge in [-0.3, -0.25) is 5.41 Å². The van der Waals surface area contributed by atoms with E-state index in [1.807, 2.05) is 67.6 Å². The Morgan fingerprint density at radius 1 is 1.10 bits per heavy atom. The molecule has 1 atom stereocenters. The number of hydrazone groups is 1. The molecule has 2 N–H and O–H groups in total. The zero-order chi connectivity index (χ0) is 14.9. The molecule has 0 amide bonds. The van der Waals surface area contributed by atoms with Crippen LogP contribution in [0.25, 0.3) is 0 Å². The molecule has 2 aromatic rings. The van der Waals surface area contributed by atoms with Crippen molar-refractivity contribution >= 4 is 11.5 Å². The monoisotopic (exact) mass is 279 g/mol. The van der Waals surface area contributed by atoms with Gasteiger partial charge in [0, 0.05) is 23.3 Å². The lowest BCUT2D eigenvalue weighted by atomic mass is 9.97. The van der Waals surface area contributed by atoms with Gasteiger partial charge in [0.2, 0.25) is 0 Å². The van der Waals surface area contributed by atoms with Crippen LogP contribution in [0.1, 0.15) is 24.5 Å². The quantitative estimate of drug-likeness (QED) is 0.656. The summed E-state index contributed by atoms with van der Waals surface area (Å²) in [7, 11) is 0. The van der Waals surface area contributed by atoms with Gasteiger partial charge < -0.3 is 5.11 Å². The van der Waals surface area contributed by atoms with Crippen molar-refractivity contribution in [2.45, 2.75) is 19.1 Å². The molecule has 1 aliphatic rings. The molecular formula is C17H17N3O. The summed E-state index contributed by atoms with van der Waals surface area (Å²) < 4.78 is 0. The van der Waals surface area contributed by atoms with E-state index in [4.69, 9.17) is 5.41 Å². The van der Waals surface area contributed by atoms with Crippen LogP contribution in [0.3, 0.4) is 0 Å². The minimum atomic E-state index is -1.29. The molecule has 3 rings (SSSR count). The fraction of sp³-hybridized carbons (Fsp3) is 0.176. The number of amidine groups is 1. The van der Waals surface area contributed by atoms with Crippen molar-refractivity contribution in [2.24, 2.45) is 5.10 Å². The maximum absolute atomic E-state index is 11.1. The van der Waals surface area contributed by atoms with E-state index in [2.05, 4.69) is 5.10 Å². The summed E-state index contributed by atoms with van der Waals surface area (Å²) in [5.74, 6) is 0.193. The van der Waals surface area contributed by atoms with Crippen LogP contribution in [0.2, 0.25) is 0 Å². The van der Waals surface area contributed by atoms with Gasteiger partial charge >= 0.3 is 0 Å². The zero-order valence-corrected chi connectivity index (χ0v) is 11.8. The first kappa shape index (κ1) is 13.5. The molecule has 0 radical (unpaired) electrons. The number of nitrogens with zero attached hydrogens (tertiary/aromatic N) is 2. The number of rotatable bonds is 2. The average molecular weight is 279 g/mol. The average Bonchev–Trinajstić information content (AvgIpc) is 2.84. The van der Waals surface area contributed by atoms with Crippen molar-refractivity contribution in [1.29, 1.82) is 5.41 Å². The molecule has 2 aromatic carbocycles. The third-order valence-corrected chi connectivity index (χ3v) is 3.62. The largest absolute Gasteiger partial charge is 0.365 e. The van der Waals surface area contributed by atoms with Crippen LogP contribution in [0.4, 0.5) is 0 Å². The predicted octanol–water partition coefficient (Wildman–Crippen LogP) is 2.94. The third-order valence-electron chi connectivity index (χ3n) is 3.62. The summed E-state index contributed by atoms with van der Waals surface area (Å²) in [5.41, 5.74) is 0.983. The fourth-order valence-electron chi connectivity index (χ4n) is 2.60. The lowest BCUT2D eigenvalue weighted by molar-refractivity contribution is -0.0573. The summed E-state index contributed by atoms with van der Waals surface area (Å²) >= 11 is 0. The van der Waals surface area contributed by atoms with E-state index < -0.39 is 5.72 Å². The van der Waals surface area contributed by atoms with E-state index in [0.717, 1.165) is 16.8 Å². The lowest BCUT2D eigenvalue weighted by Crippen LogP contribution is -2.43. The van der Waals surface area contributed by atoms with Crippen molar-refractivity contribution in [3.63, 3.8) is 0 Å². The summed E-state index contributed by atoms with van der Waals surface area (Å²) in [5, 5.41) is 25.3. The molecular weight excluding hydrogens is 262 g/mol. The summed E-state index contributed by atoms with van der Waals surface area (Å²) in [4.78, 5) is 0. The lowest BCUT2D eigenvalue weighted by Gasteiger charge is -2.33. The van der Waals surface area contributed by atoms with E-state index in [1.54, 1.807) is 0 Å². The second kappa shape index (κ2) is 5.14. The Balaban J connectivity index is 2.01. The van der Waals surface area contributed by atoms with Crippen LogP contribution in [0.15, 0.2) is 65.8 Å². The summed E-state index contributed by atoms with van der Waals surface area (Å²) in [6, 6.07) is 18.7. The van der Waals surface area contributed by atoms with E-state index in [0.29, 0.717) is 6.42 Å². The second-order valence-corrected chi connectivity index (χ2v) is 5.22. The molecule has 0 spiro atoms. The molecule has 1 heterocycles. The standard InChI is InChI=1S/C17H17N3O/c1-13-12-17(21,15-10-6-3-7-11-15)20(19-13)16(18)14-8-4-2-5-9-14/h2-11,18,21H,12H2,1H3. The molecule has 0 aliphatic carbocycles. The van der Waals surface area contributed by atoms with Crippen LogP contribution < -0.4 is 0 Å². The first-order chi connectivity index (χ1) is 10.1. The van der Waals surface area contributed by atoms with Crippen molar-refractivity contribution in [3.05, 3.63) is 71.8 Å². The molecule has 0 bridgehead atoms. The molecule has 1 aliphatic heterocycles. The van der Waals surface area contributed by atoms with Gasteiger partial charge in [0.1, 0.15) is 0 Å². The first-order valence-corrected chi connectivity index (χ1v) is 6.87. The van der Waals surface area contributed by atoms with Crippen molar-refractivity contribution < 1.29 is 5.11 Å². The van der Waals surface area contributed by atoms with E-state index in [9.17, 15) is 5.11 Å². The molecule has 1 unspecified atom stereocenters. The van der Waals surface area contributed by atoms with Gasteiger partial charge in [0.25, 0.3) is 0 Å². The van der Waals surface area contributed by atoms with E-state index in [-0.39, 0.29) is 5.84 Å². The SMILES string of the molecule is CC1=NN(C(=N)c2ccccc2)C(O)(c2ccccc2)C1. The second-order valence-electron chi connectivity index (χ2n) is 5.22. The maximum atomic E-state index is 11.1. The van der Waals surface area contributed by atoms with E-state index in [1.165, 1.54) is 5.01 Å². The molecule has 21 heavy (non-hydrogen) atoms. The smallest absolute Gasteiger partial charge is 0.191 e. The van der Waals surface area contributed by atoms with Gasteiger partial charge in [-0.2, -0.15) is 5.10 Å². The highest BCUT2D eigenvalue weighted by molar-refractivity contribution is 5.99. The number of benzene rings is 2. The number of hydrogen-bond acceptors (Lipinski definition) is 3. The molecule has 4 heteroatoms. The van der Waals surface area contributed by atoms with Gasteiger partial charge in [-0.1, -0.05) is 60.7 Å². The van der Waals surface area contributed by atoms with Crippen molar-refractivity contribution in [1.82, 2.24) is 5.01 Å². The Kier molecular flexibility index (Phi) is 3.31. The van der Waals surface area contributed by atoms with Crippen LogP contribution in [0.5, 0.6) is 0 Å². The molecule has 0 fully saturated rings. The summed E-state index contributed by atoms with van der Waals surface area (Å²) in [6.07, 6.45) is 0.395. The van der Waals surface area contributed by atoms with Crippen LogP contribution in [-0.4, -0.2) is 21.7 Å². The molecule has 0 saturated carbocycles. The Morgan fingerprint density at radius 2 is 1.67 bits per heavy atom. The minimum absolute atomic E-state index is 0.193. The van der Waals surface area contributed by atoms with Crippen molar-refractivity contribution in [2.75, 3.05) is 0 Å². The zero-order valence-electron chi connectivity index (χ0n) is 11.8. The van der Waals surface area contributed by atoms with Gasteiger partial charge in [-0.05, 0) is 6.92 Å². The Hall–Kier alpha value is -2.46. The van der Waals surface area contributed by atoms with Crippen LogP contribution in [-0.2, 0) is 5.72 Å². The van der Waals surface area contributed by atoms with E-state index >= 15 is 0 Å². The summed E-state index contributed by atoms with van der Waals surface area (Å²) in [6.45, 7) is 1.87. The molecule has 4 nitrogen and oxygen atoms in total. The first-order valence-electron chi connectivity index (χ1n) is 6.87. The Bertz CT molecular complexity index is 682. The molecule has 0 saturated heterocycles. The number of aliphatic hydroxyl groups is 1. The van der Waals surface area contributed by atoms with Crippen LogP contribution in [0, 0.1) is 5.41 Å². The Morgan fingerprint density at radius 3 is 2.29 bits per heavy atom. The highest BCUT2D eigenvalue weighted by atomic mass is 16.3. The highest BCUT2D eigenvalue weighted by Crippen LogP contribution is 2.36. The topological polar surface area (TPSA) is 59.7 Å². The molecule has 106 valence electrons. The maximum Gasteiger partial charge on any atom is 0.191 e. The van der Waals surface area contributed by atoms with Gasteiger partial charge in [0.05, 0.1) is 0 Å². The van der Waals surface area contributed by atoms with Crippen LogP contribution >= 0.6 is 0 Å². The minimum Gasteiger partial charge on any atom is -0.365 e. The third kappa shape index (κ3) is 2.34. The van der Waals surface area contributed by atoms with Gasteiger partial charge in [-0.25, -0.2) is 5.01 Å². The van der Waals surface area contributed by atoms with Crippen molar-refractivity contribution in [3.8, 4) is 0 Å². The van der Waals surface area contributed by atoms with Gasteiger partial charge in [-0.15, -0.1) is 0 Å². The normalized spacial score (nSPS) is 21.2. The number of hydrogen-bond donors (Lipinski definition) is 2.